The van der Waals surface area contributed by atoms with Gasteiger partial charge in [0.2, 0.25) is 0 Å². The van der Waals surface area contributed by atoms with Gasteiger partial charge in [0.05, 0.1) is 26.4 Å². The molecule has 14 heavy (non-hydrogen) atoms. The van der Waals surface area contributed by atoms with E-state index in [4.69, 9.17) is 18.9 Å². The first-order valence-corrected chi connectivity index (χ1v) is 5.02. The van der Waals surface area contributed by atoms with Crippen LogP contribution in [0.2, 0.25) is 0 Å². The molecule has 0 aromatic heterocycles. The minimum atomic E-state index is 0.234. The van der Waals surface area contributed by atoms with Gasteiger partial charge in [0.1, 0.15) is 13.6 Å². The standard InChI is InChI=1S/C6H12O2.C4H8O2/c1-6(2)3-7-5-8-4-6;1-2-5-4-6-3-1/h3-5H2,1-2H3;1-4H2. The molecule has 0 aromatic carbocycles. The van der Waals surface area contributed by atoms with Crippen molar-refractivity contribution < 1.29 is 18.9 Å². The molecule has 0 radical (unpaired) electrons. The van der Waals surface area contributed by atoms with Gasteiger partial charge in [-0.2, -0.15) is 0 Å². The first-order chi connectivity index (χ1) is 6.71. The SMILES string of the molecule is C1COCOC1.CC1(C)COCOC1. The van der Waals surface area contributed by atoms with Crippen molar-refractivity contribution in [2.45, 2.75) is 20.3 Å². The van der Waals surface area contributed by atoms with Crippen molar-refractivity contribution in [3.8, 4) is 0 Å². The third kappa shape index (κ3) is 5.54. The molecule has 0 bridgehead atoms. The molecular formula is C10H20O4. The zero-order valence-electron chi connectivity index (χ0n) is 9.08. The predicted molar refractivity (Wildman–Crippen MR) is 51.9 cm³/mol. The third-order valence-corrected chi connectivity index (χ3v) is 1.90. The largest absolute Gasteiger partial charge is 0.355 e. The van der Waals surface area contributed by atoms with Gasteiger partial charge in [0.25, 0.3) is 0 Å². The Morgan fingerprint density at radius 2 is 1.29 bits per heavy atom. The topological polar surface area (TPSA) is 36.9 Å². The van der Waals surface area contributed by atoms with Gasteiger partial charge in [0, 0.05) is 5.41 Å². The zero-order valence-corrected chi connectivity index (χ0v) is 9.08. The Morgan fingerprint density at radius 1 is 0.786 bits per heavy atom. The third-order valence-electron chi connectivity index (χ3n) is 1.90. The smallest absolute Gasteiger partial charge is 0.146 e. The van der Waals surface area contributed by atoms with Gasteiger partial charge in [-0.3, -0.25) is 0 Å². The Labute approximate surface area is 85.5 Å². The van der Waals surface area contributed by atoms with Gasteiger partial charge in [-0.25, -0.2) is 0 Å². The number of hydrogen-bond acceptors (Lipinski definition) is 4. The van der Waals surface area contributed by atoms with Crippen molar-refractivity contribution in [1.82, 2.24) is 0 Å². The maximum absolute atomic E-state index is 5.06. The lowest BCUT2D eigenvalue weighted by Gasteiger charge is -2.28. The second kappa shape index (κ2) is 6.35. The van der Waals surface area contributed by atoms with Crippen LogP contribution < -0.4 is 0 Å². The maximum Gasteiger partial charge on any atom is 0.146 e. The van der Waals surface area contributed by atoms with Crippen LogP contribution in [0.5, 0.6) is 0 Å². The van der Waals surface area contributed by atoms with Crippen LogP contribution in [0, 0.1) is 5.41 Å². The van der Waals surface area contributed by atoms with Crippen molar-refractivity contribution in [3.63, 3.8) is 0 Å². The fraction of sp³-hybridized carbons (Fsp3) is 1.00. The van der Waals surface area contributed by atoms with Crippen LogP contribution in [0.1, 0.15) is 20.3 Å². The van der Waals surface area contributed by atoms with Crippen LogP contribution in [0.25, 0.3) is 0 Å². The molecule has 2 aliphatic rings. The molecule has 0 spiro atoms. The summed E-state index contributed by atoms with van der Waals surface area (Å²) in [6.07, 6.45) is 1.06. The van der Waals surface area contributed by atoms with Crippen molar-refractivity contribution in [2.75, 3.05) is 40.0 Å². The van der Waals surface area contributed by atoms with Gasteiger partial charge < -0.3 is 18.9 Å². The van der Waals surface area contributed by atoms with E-state index in [2.05, 4.69) is 13.8 Å². The van der Waals surface area contributed by atoms with E-state index in [0.717, 1.165) is 32.8 Å². The van der Waals surface area contributed by atoms with Crippen LogP contribution in [0.15, 0.2) is 0 Å². The predicted octanol–water partition coefficient (Wildman–Crippen LogP) is 1.40. The van der Waals surface area contributed by atoms with Crippen LogP contribution in [0.4, 0.5) is 0 Å². The van der Waals surface area contributed by atoms with Gasteiger partial charge >= 0.3 is 0 Å². The van der Waals surface area contributed by atoms with E-state index in [1.165, 1.54) is 0 Å². The number of ether oxygens (including phenoxy) is 4. The summed E-state index contributed by atoms with van der Waals surface area (Å²) in [4.78, 5) is 0. The fourth-order valence-electron chi connectivity index (χ4n) is 1.18. The lowest BCUT2D eigenvalue weighted by Crippen LogP contribution is -2.31. The van der Waals surface area contributed by atoms with E-state index in [0.29, 0.717) is 13.6 Å². The molecule has 0 atom stereocenters. The molecule has 0 N–H and O–H groups in total. The van der Waals surface area contributed by atoms with Crippen molar-refractivity contribution in [2.24, 2.45) is 5.41 Å². The quantitative estimate of drug-likeness (QED) is 0.597. The fourth-order valence-corrected chi connectivity index (χ4v) is 1.18. The average Bonchev–Trinajstić information content (AvgIpc) is 2.21. The van der Waals surface area contributed by atoms with Crippen LogP contribution in [-0.4, -0.2) is 40.0 Å². The highest BCUT2D eigenvalue weighted by atomic mass is 16.7. The molecule has 2 rings (SSSR count). The molecule has 0 aliphatic carbocycles. The maximum atomic E-state index is 5.06. The molecule has 2 saturated heterocycles. The van der Waals surface area contributed by atoms with Crippen molar-refractivity contribution in [1.29, 1.82) is 0 Å². The lowest BCUT2D eigenvalue weighted by molar-refractivity contribution is -0.153. The summed E-state index contributed by atoms with van der Waals surface area (Å²) in [6, 6.07) is 0. The van der Waals surface area contributed by atoms with Crippen molar-refractivity contribution in [3.05, 3.63) is 0 Å². The Bertz CT molecular complexity index is 124. The summed E-state index contributed by atoms with van der Waals surface area (Å²) >= 11 is 0. The molecule has 0 unspecified atom stereocenters. The first kappa shape index (κ1) is 11.9. The highest BCUT2D eigenvalue weighted by Gasteiger charge is 2.21. The number of hydrogen-bond donors (Lipinski definition) is 0. The average molecular weight is 204 g/mol. The lowest BCUT2D eigenvalue weighted by atomic mass is 9.96. The molecule has 2 fully saturated rings. The van der Waals surface area contributed by atoms with Gasteiger partial charge in [-0.15, -0.1) is 0 Å². The second-order valence-electron chi connectivity index (χ2n) is 4.27. The van der Waals surface area contributed by atoms with E-state index in [1.807, 2.05) is 0 Å². The number of rotatable bonds is 0. The molecule has 0 saturated carbocycles. The monoisotopic (exact) mass is 204 g/mol. The molecule has 4 nitrogen and oxygen atoms in total. The molecule has 84 valence electrons. The highest BCUT2D eigenvalue weighted by molar-refractivity contribution is 4.67. The molecule has 2 aliphatic heterocycles. The summed E-state index contributed by atoms with van der Waals surface area (Å²) in [6.45, 7) is 8.64. The molecule has 0 amide bonds. The first-order valence-electron chi connectivity index (χ1n) is 5.02. The normalized spacial score (nSPS) is 26.1. The minimum Gasteiger partial charge on any atom is -0.355 e. The summed E-state index contributed by atoms with van der Waals surface area (Å²) in [5, 5.41) is 0. The van der Waals surface area contributed by atoms with E-state index in [-0.39, 0.29) is 5.41 Å². The summed E-state index contributed by atoms with van der Waals surface area (Å²) in [7, 11) is 0. The summed E-state index contributed by atoms with van der Waals surface area (Å²) in [5.74, 6) is 0. The Hall–Kier alpha value is -0.160. The van der Waals surface area contributed by atoms with Gasteiger partial charge in [-0.1, -0.05) is 13.8 Å². The van der Waals surface area contributed by atoms with E-state index in [9.17, 15) is 0 Å². The van der Waals surface area contributed by atoms with E-state index >= 15 is 0 Å². The van der Waals surface area contributed by atoms with Crippen LogP contribution >= 0.6 is 0 Å². The van der Waals surface area contributed by atoms with Gasteiger partial charge in [0.15, 0.2) is 0 Å². The van der Waals surface area contributed by atoms with E-state index < -0.39 is 0 Å². The molecule has 4 heteroatoms. The zero-order chi connectivity index (χ0) is 10.3. The Balaban J connectivity index is 0.000000146. The van der Waals surface area contributed by atoms with E-state index in [1.54, 1.807) is 0 Å². The van der Waals surface area contributed by atoms with Crippen molar-refractivity contribution >= 4 is 0 Å². The summed E-state index contributed by atoms with van der Waals surface area (Å²) in [5.41, 5.74) is 0.234. The van der Waals surface area contributed by atoms with Crippen LogP contribution in [-0.2, 0) is 18.9 Å². The Kier molecular flexibility index (Phi) is 5.40. The molecule has 0 aromatic rings. The minimum absolute atomic E-state index is 0.234. The van der Waals surface area contributed by atoms with Gasteiger partial charge in [-0.05, 0) is 6.42 Å². The molecule has 2 heterocycles. The Morgan fingerprint density at radius 3 is 1.50 bits per heavy atom. The second-order valence-corrected chi connectivity index (χ2v) is 4.27. The summed E-state index contributed by atoms with van der Waals surface area (Å²) < 4.78 is 19.8. The highest BCUT2D eigenvalue weighted by Crippen LogP contribution is 2.18. The molecular weight excluding hydrogens is 184 g/mol. The van der Waals surface area contributed by atoms with Crippen LogP contribution in [0.3, 0.4) is 0 Å².